The van der Waals surface area contributed by atoms with Crippen LogP contribution in [0.4, 0.5) is 5.82 Å². The fourth-order valence-corrected chi connectivity index (χ4v) is 3.48. The molecule has 0 spiro atoms. The van der Waals surface area contributed by atoms with Crippen molar-refractivity contribution in [1.82, 2.24) is 15.1 Å². The number of carbonyl (C=O) groups excluding carboxylic acids is 3. The summed E-state index contributed by atoms with van der Waals surface area (Å²) < 4.78 is 11.2. The van der Waals surface area contributed by atoms with E-state index in [9.17, 15) is 14.4 Å². The molecule has 0 radical (unpaired) electrons. The summed E-state index contributed by atoms with van der Waals surface area (Å²) in [6.45, 7) is 2.85. The highest BCUT2D eigenvalue weighted by molar-refractivity contribution is 7.98. The molecule has 0 aliphatic carbocycles. The van der Waals surface area contributed by atoms with Crippen LogP contribution in [-0.2, 0) is 41.9 Å². The predicted molar refractivity (Wildman–Crippen MR) is 96.6 cm³/mol. The minimum absolute atomic E-state index is 0.00880. The first-order chi connectivity index (χ1) is 12.5. The fraction of sp³-hybridized carbons (Fsp3) is 0.625. The van der Waals surface area contributed by atoms with Crippen molar-refractivity contribution in [1.29, 1.82) is 0 Å². The molecule has 1 aliphatic heterocycles. The van der Waals surface area contributed by atoms with Crippen LogP contribution in [0, 0.1) is 0 Å². The first kappa shape index (κ1) is 20.2. The summed E-state index contributed by atoms with van der Waals surface area (Å²) in [4.78, 5) is 35.6. The lowest BCUT2D eigenvalue weighted by Crippen LogP contribution is -2.31. The average molecular weight is 384 g/mol. The van der Waals surface area contributed by atoms with Gasteiger partial charge < -0.3 is 20.1 Å². The van der Waals surface area contributed by atoms with Crippen LogP contribution < -0.4 is 10.6 Å². The molecule has 26 heavy (non-hydrogen) atoms. The van der Waals surface area contributed by atoms with E-state index >= 15 is 0 Å². The molecule has 2 heterocycles. The molecular formula is C16H24N4O5S. The summed E-state index contributed by atoms with van der Waals surface area (Å²) >= 11 is 1.70. The lowest BCUT2D eigenvalue weighted by molar-refractivity contribution is -0.144. The zero-order chi connectivity index (χ0) is 18.9. The van der Waals surface area contributed by atoms with Gasteiger partial charge >= 0.3 is 5.97 Å². The maximum absolute atomic E-state index is 12.2. The predicted octanol–water partition coefficient (Wildman–Crippen LogP) is 0.674. The van der Waals surface area contributed by atoms with E-state index in [1.54, 1.807) is 25.8 Å². The van der Waals surface area contributed by atoms with Crippen molar-refractivity contribution in [3.63, 3.8) is 0 Å². The Kier molecular flexibility index (Phi) is 7.92. The van der Waals surface area contributed by atoms with Gasteiger partial charge in [-0.2, -0.15) is 16.9 Å². The Labute approximate surface area is 156 Å². The molecule has 0 unspecified atom stereocenters. The van der Waals surface area contributed by atoms with Gasteiger partial charge in [0.1, 0.15) is 12.4 Å². The maximum atomic E-state index is 12.2. The fourth-order valence-electron chi connectivity index (χ4n) is 2.45. The number of anilines is 1. The third-order valence-electron chi connectivity index (χ3n) is 3.66. The van der Waals surface area contributed by atoms with E-state index in [0.29, 0.717) is 19.0 Å². The largest absolute Gasteiger partial charge is 0.466 e. The number of fused-ring (bicyclic) bond motifs is 1. The number of rotatable bonds is 10. The second-order valence-electron chi connectivity index (χ2n) is 5.62. The lowest BCUT2D eigenvalue weighted by atomic mass is 10.2. The number of carbonyl (C=O) groups is 3. The Balaban J connectivity index is 1.99. The molecule has 1 aromatic heterocycles. The van der Waals surface area contributed by atoms with Crippen LogP contribution in [0.1, 0.15) is 31.0 Å². The van der Waals surface area contributed by atoms with Crippen LogP contribution in [0.3, 0.4) is 0 Å². The van der Waals surface area contributed by atoms with Crippen LogP contribution in [0.5, 0.6) is 0 Å². The average Bonchev–Trinajstić information content (AvgIpc) is 3.16. The van der Waals surface area contributed by atoms with Gasteiger partial charge in [0.15, 0.2) is 0 Å². The third kappa shape index (κ3) is 5.73. The molecule has 0 atom stereocenters. The molecule has 0 saturated heterocycles. The van der Waals surface area contributed by atoms with Gasteiger partial charge in [-0.1, -0.05) is 0 Å². The van der Waals surface area contributed by atoms with Gasteiger partial charge in [0.25, 0.3) is 0 Å². The molecule has 1 aromatic rings. The molecule has 0 fully saturated rings. The Morgan fingerprint density at radius 1 is 1.23 bits per heavy atom. The number of methoxy groups -OCH3 is 1. The van der Waals surface area contributed by atoms with Gasteiger partial charge in [-0.25, -0.2) is 4.68 Å². The smallest absolute Gasteiger partial charge is 0.306 e. The van der Waals surface area contributed by atoms with Gasteiger partial charge in [-0.15, -0.1) is 0 Å². The topological polar surface area (TPSA) is 112 Å². The number of aromatic nitrogens is 2. The Bertz CT molecular complexity index is 661. The summed E-state index contributed by atoms with van der Waals surface area (Å²) in [6.07, 6.45) is 0.0359. The van der Waals surface area contributed by atoms with Crippen molar-refractivity contribution in [3.8, 4) is 0 Å². The summed E-state index contributed by atoms with van der Waals surface area (Å²) in [5, 5.41) is 9.96. The molecular weight excluding hydrogens is 360 g/mol. The molecule has 0 aromatic carbocycles. The number of thioether (sulfide) groups is 1. The minimum Gasteiger partial charge on any atom is -0.466 e. The number of amides is 2. The summed E-state index contributed by atoms with van der Waals surface area (Å²) in [5.74, 6) is 1.08. The molecule has 144 valence electrons. The number of nitrogens with zero attached hydrogens (tertiary/aromatic N) is 2. The molecule has 0 saturated carbocycles. The van der Waals surface area contributed by atoms with E-state index in [1.165, 1.54) is 4.68 Å². The van der Waals surface area contributed by atoms with Crippen LogP contribution in [0.2, 0.25) is 0 Å². The van der Waals surface area contributed by atoms with Gasteiger partial charge in [-0.3, -0.25) is 14.4 Å². The summed E-state index contributed by atoms with van der Waals surface area (Å²) in [6, 6.07) is 0. The SMILES string of the molecule is CCOC(=O)CCC(=O)Nc1c2c(nn1CC(=O)NCCOC)CSC2. The standard InChI is InChI=1S/C16H24N4O5S/c1-3-25-15(23)5-4-13(21)18-16-11-9-26-10-12(11)19-20(16)8-14(22)17-6-7-24-2/h3-10H2,1-2H3,(H,17,22)(H,18,21). The van der Waals surface area contributed by atoms with Crippen LogP contribution in [-0.4, -0.2) is 54.4 Å². The minimum atomic E-state index is -0.408. The second-order valence-corrected chi connectivity index (χ2v) is 6.61. The van der Waals surface area contributed by atoms with Crippen molar-refractivity contribution in [3.05, 3.63) is 11.3 Å². The van der Waals surface area contributed by atoms with Crippen LogP contribution in [0.15, 0.2) is 0 Å². The number of ether oxygens (including phenoxy) is 2. The van der Waals surface area contributed by atoms with E-state index in [2.05, 4.69) is 15.7 Å². The summed E-state index contributed by atoms with van der Waals surface area (Å²) in [7, 11) is 1.56. The van der Waals surface area contributed by atoms with E-state index in [0.717, 1.165) is 22.8 Å². The van der Waals surface area contributed by atoms with E-state index in [1.807, 2.05) is 0 Å². The Hall–Kier alpha value is -2.07. The molecule has 2 rings (SSSR count). The molecule has 1 aliphatic rings. The van der Waals surface area contributed by atoms with Crippen molar-refractivity contribution >= 4 is 35.4 Å². The second kappa shape index (κ2) is 10.2. The van der Waals surface area contributed by atoms with Gasteiger partial charge in [-0.05, 0) is 6.92 Å². The van der Waals surface area contributed by atoms with E-state index < -0.39 is 5.97 Å². The normalized spacial score (nSPS) is 12.5. The molecule has 9 nitrogen and oxygen atoms in total. The van der Waals surface area contributed by atoms with Crippen LogP contribution >= 0.6 is 11.8 Å². The Morgan fingerprint density at radius 2 is 2.04 bits per heavy atom. The van der Waals surface area contributed by atoms with Gasteiger partial charge in [0, 0.05) is 37.1 Å². The number of hydrogen-bond donors (Lipinski definition) is 2. The number of hydrogen-bond acceptors (Lipinski definition) is 7. The first-order valence-electron chi connectivity index (χ1n) is 8.42. The third-order valence-corrected chi connectivity index (χ3v) is 4.63. The highest BCUT2D eigenvalue weighted by atomic mass is 32.2. The van der Waals surface area contributed by atoms with Crippen molar-refractivity contribution in [2.75, 3.05) is 32.2 Å². The van der Waals surface area contributed by atoms with Crippen molar-refractivity contribution in [2.45, 2.75) is 37.8 Å². The van der Waals surface area contributed by atoms with Crippen molar-refractivity contribution < 1.29 is 23.9 Å². The number of esters is 1. The number of nitrogens with one attached hydrogen (secondary N) is 2. The molecule has 2 N–H and O–H groups in total. The van der Waals surface area contributed by atoms with Gasteiger partial charge in [0.2, 0.25) is 11.8 Å². The monoisotopic (exact) mass is 384 g/mol. The van der Waals surface area contributed by atoms with Crippen molar-refractivity contribution in [2.24, 2.45) is 0 Å². The highest BCUT2D eigenvalue weighted by Crippen LogP contribution is 2.34. The summed E-state index contributed by atoms with van der Waals surface area (Å²) in [5.41, 5.74) is 1.81. The lowest BCUT2D eigenvalue weighted by Gasteiger charge is -2.11. The van der Waals surface area contributed by atoms with Gasteiger partial charge in [0.05, 0.1) is 25.3 Å². The molecule has 0 bridgehead atoms. The van der Waals surface area contributed by atoms with Crippen LogP contribution in [0.25, 0.3) is 0 Å². The van der Waals surface area contributed by atoms with E-state index in [-0.39, 0.29) is 37.8 Å². The Morgan fingerprint density at radius 3 is 2.77 bits per heavy atom. The molecule has 10 heteroatoms. The molecule has 2 amide bonds. The first-order valence-corrected chi connectivity index (χ1v) is 9.58. The maximum Gasteiger partial charge on any atom is 0.306 e. The zero-order valence-electron chi connectivity index (χ0n) is 15.0. The quantitative estimate of drug-likeness (QED) is 0.450. The highest BCUT2D eigenvalue weighted by Gasteiger charge is 2.25. The zero-order valence-corrected chi connectivity index (χ0v) is 15.8. The van der Waals surface area contributed by atoms with E-state index in [4.69, 9.17) is 9.47 Å².